The second kappa shape index (κ2) is 8.82. The van der Waals surface area contributed by atoms with Crippen molar-refractivity contribution in [2.75, 3.05) is 20.2 Å². The average Bonchev–Trinajstić information content (AvgIpc) is 3.20. The van der Waals surface area contributed by atoms with Crippen LogP contribution in [0.25, 0.3) is 0 Å². The van der Waals surface area contributed by atoms with Gasteiger partial charge in [-0.15, -0.1) is 0 Å². The van der Waals surface area contributed by atoms with E-state index in [1.54, 1.807) is 12.1 Å². The van der Waals surface area contributed by atoms with Crippen LogP contribution in [-0.2, 0) is 14.8 Å². The van der Waals surface area contributed by atoms with Crippen molar-refractivity contribution < 1.29 is 17.9 Å². The van der Waals surface area contributed by atoms with E-state index in [4.69, 9.17) is 4.74 Å². The first-order valence-corrected chi connectivity index (χ1v) is 11.8. The quantitative estimate of drug-likeness (QED) is 0.784. The van der Waals surface area contributed by atoms with Gasteiger partial charge in [-0.3, -0.25) is 4.79 Å². The van der Waals surface area contributed by atoms with Gasteiger partial charge in [-0.2, -0.15) is 4.31 Å². The van der Waals surface area contributed by atoms with E-state index in [2.05, 4.69) is 5.32 Å². The summed E-state index contributed by atoms with van der Waals surface area (Å²) in [4.78, 5) is 12.9. The number of sulfonamides is 1. The maximum Gasteiger partial charge on any atom is 0.246 e. The molecule has 1 aliphatic carbocycles. The molecular weight excluding hydrogens is 376 g/mol. The fourth-order valence-corrected chi connectivity index (χ4v) is 5.87. The van der Waals surface area contributed by atoms with Crippen LogP contribution < -0.4 is 10.1 Å². The Hall–Kier alpha value is -1.60. The van der Waals surface area contributed by atoms with Crippen molar-refractivity contribution in [1.82, 2.24) is 9.62 Å². The zero-order chi connectivity index (χ0) is 20.3. The highest BCUT2D eigenvalue weighted by molar-refractivity contribution is 7.89. The van der Waals surface area contributed by atoms with Gasteiger partial charge in [-0.05, 0) is 49.3 Å². The van der Waals surface area contributed by atoms with Crippen LogP contribution in [0.15, 0.2) is 23.1 Å². The molecule has 1 aromatic carbocycles. The molecule has 0 spiro atoms. The van der Waals surface area contributed by atoms with E-state index in [1.165, 1.54) is 11.4 Å². The summed E-state index contributed by atoms with van der Waals surface area (Å²) in [5, 5.41) is 3.12. The first-order valence-electron chi connectivity index (χ1n) is 10.3. The summed E-state index contributed by atoms with van der Waals surface area (Å²) in [6.45, 7) is 4.73. The van der Waals surface area contributed by atoms with Crippen LogP contribution in [0.3, 0.4) is 0 Å². The number of carbonyl (C=O) groups excluding carboxylic acids is 1. The second-order valence-corrected chi connectivity index (χ2v) is 10.2. The molecule has 2 aliphatic rings. The topological polar surface area (TPSA) is 75.7 Å². The van der Waals surface area contributed by atoms with Gasteiger partial charge in [0.2, 0.25) is 15.9 Å². The molecule has 0 radical (unpaired) electrons. The molecule has 0 unspecified atom stereocenters. The third kappa shape index (κ3) is 4.51. The minimum atomic E-state index is -3.73. The zero-order valence-corrected chi connectivity index (χ0v) is 17.9. The van der Waals surface area contributed by atoms with Gasteiger partial charge in [0.15, 0.2) is 0 Å². The lowest BCUT2D eigenvalue weighted by molar-refractivity contribution is -0.126. The van der Waals surface area contributed by atoms with Gasteiger partial charge in [0.25, 0.3) is 0 Å². The Morgan fingerprint density at radius 1 is 1.18 bits per heavy atom. The Morgan fingerprint density at radius 3 is 2.54 bits per heavy atom. The first kappa shape index (κ1) is 21.1. The highest BCUT2D eigenvalue weighted by atomic mass is 32.2. The van der Waals surface area contributed by atoms with E-state index in [-0.39, 0.29) is 35.2 Å². The number of piperidine rings is 1. The fraction of sp³-hybridized carbons (Fsp3) is 0.667. The van der Waals surface area contributed by atoms with Crippen molar-refractivity contribution in [2.24, 2.45) is 5.92 Å². The van der Waals surface area contributed by atoms with Crippen molar-refractivity contribution in [3.63, 3.8) is 0 Å². The Kier molecular flexibility index (Phi) is 6.65. The van der Waals surface area contributed by atoms with E-state index in [0.717, 1.165) is 37.7 Å². The van der Waals surface area contributed by atoms with Crippen LogP contribution in [0.4, 0.5) is 0 Å². The number of nitrogens with one attached hydrogen (secondary N) is 1. The molecule has 2 fully saturated rings. The highest BCUT2D eigenvalue weighted by Crippen LogP contribution is 2.32. The predicted molar refractivity (Wildman–Crippen MR) is 109 cm³/mol. The number of methoxy groups -OCH3 is 1. The van der Waals surface area contributed by atoms with E-state index in [9.17, 15) is 13.2 Å². The molecule has 1 saturated heterocycles. The second-order valence-electron chi connectivity index (χ2n) is 8.26. The Bertz CT molecular complexity index is 801. The number of nitrogens with zero attached hydrogens (tertiary/aromatic N) is 1. The molecule has 7 heteroatoms. The number of benzene rings is 1. The highest BCUT2D eigenvalue weighted by Gasteiger charge is 2.35. The molecule has 1 amide bonds. The third-order valence-electron chi connectivity index (χ3n) is 5.93. The van der Waals surface area contributed by atoms with Crippen molar-refractivity contribution in [3.8, 4) is 5.75 Å². The van der Waals surface area contributed by atoms with Crippen LogP contribution in [-0.4, -0.2) is 44.9 Å². The van der Waals surface area contributed by atoms with Crippen molar-refractivity contribution in [1.29, 1.82) is 0 Å². The Balaban J connectivity index is 1.79. The molecule has 1 atom stereocenters. The molecule has 1 aromatic rings. The number of carbonyl (C=O) groups is 1. The lowest BCUT2D eigenvalue weighted by Crippen LogP contribution is -2.47. The summed E-state index contributed by atoms with van der Waals surface area (Å²) >= 11 is 0. The van der Waals surface area contributed by atoms with Crippen LogP contribution in [0, 0.1) is 5.92 Å². The van der Waals surface area contributed by atoms with Gasteiger partial charge in [-0.1, -0.05) is 32.8 Å². The van der Waals surface area contributed by atoms with Gasteiger partial charge in [-0.25, -0.2) is 8.42 Å². The van der Waals surface area contributed by atoms with Gasteiger partial charge in [0, 0.05) is 19.1 Å². The molecule has 1 saturated carbocycles. The molecule has 0 aromatic heterocycles. The SMILES string of the molecule is COc1ccc(C(C)C)cc1S(=O)(=O)N1CCC[C@H](C(=O)NC2CCCC2)C1. The van der Waals surface area contributed by atoms with Gasteiger partial charge >= 0.3 is 0 Å². The smallest absolute Gasteiger partial charge is 0.246 e. The maximum atomic E-state index is 13.4. The van der Waals surface area contributed by atoms with Crippen LogP contribution in [0.5, 0.6) is 5.75 Å². The van der Waals surface area contributed by atoms with Crippen LogP contribution in [0.1, 0.15) is 63.9 Å². The minimum absolute atomic E-state index is 0.00491. The summed E-state index contributed by atoms with van der Waals surface area (Å²) in [6, 6.07) is 5.58. The Labute approximate surface area is 168 Å². The van der Waals surface area contributed by atoms with Crippen molar-refractivity contribution in [2.45, 2.75) is 69.2 Å². The number of hydrogen-bond donors (Lipinski definition) is 1. The number of amides is 1. The summed E-state index contributed by atoms with van der Waals surface area (Å²) in [6.07, 6.45) is 5.78. The van der Waals surface area contributed by atoms with E-state index < -0.39 is 10.0 Å². The Morgan fingerprint density at radius 2 is 1.89 bits per heavy atom. The summed E-state index contributed by atoms with van der Waals surface area (Å²) in [7, 11) is -2.24. The molecule has 28 heavy (non-hydrogen) atoms. The summed E-state index contributed by atoms with van der Waals surface area (Å²) < 4.78 is 33.5. The number of hydrogen-bond acceptors (Lipinski definition) is 4. The molecule has 1 heterocycles. The van der Waals surface area contributed by atoms with Crippen LogP contribution in [0.2, 0.25) is 0 Å². The molecule has 1 aliphatic heterocycles. The lowest BCUT2D eigenvalue weighted by Gasteiger charge is -2.32. The predicted octanol–water partition coefficient (Wildman–Crippen LogP) is 3.28. The lowest BCUT2D eigenvalue weighted by atomic mass is 9.98. The van der Waals surface area contributed by atoms with E-state index >= 15 is 0 Å². The van der Waals surface area contributed by atoms with Crippen LogP contribution >= 0.6 is 0 Å². The normalized spacial score (nSPS) is 21.8. The van der Waals surface area contributed by atoms with Gasteiger partial charge in [0.1, 0.15) is 10.6 Å². The monoisotopic (exact) mass is 408 g/mol. The molecular formula is C21H32N2O4S. The summed E-state index contributed by atoms with van der Waals surface area (Å²) in [5.74, 6) is 0.270. The maximum absolute atomic E-state index is 13.4. The molecule has 1 N–H and O–H groups in total. The van der Waals surface area contributed by atoms with Gasteiger partial charge in [0.05, 0.1) is 13.0 Å². The summed E-state index contributed by atoms with van der Waals surface area (Å²) in [5.41, 5.74) is 0.951. The zero-order valence-electron chi connectivity index (χ0n) is 17.1. The van der Waals surface area contributed by atoms with Gasteiger partial charge < -0.3 is 10.1 Å². The average molecular weight is 409 g/mol. The molecule has 0 bridgehead atoms. The minimum Gasteiger partial charge on any atom is -0.495 e. The largest absolute Gasteiger partial charge is 0.495 e. The van der Waals surface area contributed by atoms with E-state index in [1.807, 2.05) is 19.9 Å². The van der Waals surface area contributed by atoms with Crippen molar-refractivity contribution >= 4 is 15.9 Å². The van der Waals surface area contributed by atoms with Crippen molar-refractivity contribution in [3.05, 3.63) is 23.8 Å². The fourth-order valence-electron chi connectivity index (χ4n) is 4.16. The first-order chi connectivity index (χ1) is 13.3. The molecule has 156 valence electrons. The third-order valence-corrected chi connectivity index (χ3v) is 7.81. The van der Waals surface area contributed by atoms with E-state index in [0.29, 0.717) is 18.7 Å². The number of ether oxygens (including phenoxy) is 1. The molecule has 3 rings (SSSR count). The number of rotatable bonds is 6. The standard InChI is InChI=1S/C21H32N2O4S/c1-15(2)16-10-11-19(27-3)20(13-16)28(25,26)23-12-6-7-17(14-23)21(24)22-18-8-4-5-9-18/h10-11,13,15,17-18H,4-9,12,14H2,1-3H3,(H,22,24)/t17-/m0/s1. The molecule has 6 nitrogen and oxygen atoms in total.